The zero-order chi connectivity index (χ0) is 20.5. The van der Waals surface area contributed by atoms with Gasteiger partial charge in [-0.15, -0.1) is 11.3 Å². The predicted octanol–water partition coefficient (Wildman–Crippen LogP) is 1.90. The number of carbonyl (C=O) groups is 2. The van der Waals surface area contributed by atoms with Crippen LogP contribution in [0.4, 0.5) is 0 Å². The lowest BCUT2D eigenvalue weighted by molar-refractivity contribution is -0.132. The minimum Gasteiger partial charge on any atom is -0.388 e. The van der Waals surface area contributed by atoms with E-state index < -0.39 is 18.2 Å². The molecule has 3 heterocycles. The van der Waals surface area contributed by atoms with E-state index in [1.165, 1.54) is 16.2 Å². The monoisotopic (exact) mass is 477 g/mol. The third kappa shape index (κ3) is 4.37. The van der Waals surface area contributed by atoms with Crippen molar-refractivity contribution in [3.63, 3.8) is 0 Å². The maximum atomic E-state index is 13.0. The zero-order valence-electron chi connectivity index (χ0n) is 15.3. The van der Waals surface area contributed by atoms with Crippen LogP contribution in [0.25, 0.3) is 10.2 Å². The second kappa shape index (κ2) is 8.27. The number of hydrogen-bond donors (Lipinski definition) is 4. The molecule has 152 valence electrons. The molecule has 0 spiro atoms. The van der Waals surface area contributed by atoms with Gasteiger partial charge in [0.05, 0.1) is 26.2 Å². The minimum absolute atomic E-state index is 0.0490. The van der Waals surface area contributed by atoms with Crippen molar-refractivity contribution >= 4 is 49.3 Å². The van der Waals surface area contributed by atoms with Crippen LogP contribution >= 0.6 is 27.3 Å². The SMILES string of the molecule is O=C(N[C@@H](Cc1ccccc1)C(=O)N1C[C@H](O)[C@@H](O)C1)c1cc2sc(Br)cc2[nH]1. The standard InChI is InChI=1S/C20H20BrN3O4S/c21-18-8-12-17(29-18)7-13(22-12)19(27)23-14(6-11-4-2-1-3-5-11)20(28)24-9-15(25)16(26)10-24/h1-5,7-8,14-16,22,25-26H,6,9-10H2,(H,23,27)/t14-,15-,16-/m0/s1. The van der Waals surface area contributed by atoms with Gasteiger partial charge in [-0.3, -0.25) is 9.59 Å². The number of hydrogen-bond acceptors (Lipinski definition) is 5. The van der Waals surface area contributed by atoms with Crippen LogP contribution in [0.2, 0.25) is 0 Å². The number of aromatic nitrogens is 1. The first-order valence-corrected chi connectivity index (χ1v) is 10.8. The van der Waals surface area contributed by atoms with Gasteiger partial charge in [0.25, 0.3) is 5.91 Å². The van der Waals surface area contributed by atoms with Crippen molar-refractivity contribution < 1.29 is 19.8 Å². The van der Waals surface area contributed by atoms with Crippen LogP contribution in [0, 0.1) is 0 Å². The van der Waals surface area contributed by atoms with Crippen LogP contribution in [0.1, 0.15) is 16.1 Å². The van der Waals surface area contributed by atoms with Gasteiger partial charge >= 0.3 is 0 Å². The summed E-state index contributed by atoms with van der Waals surface area (Å²) >= 11 is 4.93. The maximum absolute atomic E-state index is 13.0. The van der Waals surface area contributed by atoms with Crippen molar-refractivity contribution in [2.24, 2.45) is 0 Å². The van der Waals surface area contributed by atoms with Crippen LogP contribution in [0.15, 0.2) is 46.3 Å². The summed E-state index contributed by atoms with van der Waals surface area (Å²) in [5.41, 5.74) is 2.14. The number of H-pyrrole nitrogens is 1. The number of β-amino-alcohol motifs (C(OH)–C–C–N with tert-alkyl or cyclic N) is 2. The van der Waals surface area contributed by atoms with Crippen molar-refractivity contribution in [3.05, 3.63) is 57.5 Å². The van der Waals surface area contributed by atoms with Gasteiger partial charge in [0.1, 0.15) is 11.7 Å². The molecule has 2 aromatic heterocycles. The molecule has 1 aliphatic heterocycles. The van der Waals surface area contributed by atoms with Crippen molar-refractivity contribution in [1.82, 2.24) is 15.2 Å². The fourth-order valence-electron chi connectivity index (χ4n) is 3.47. The molecule has 4 N–H and O–H groups in total. The number of likely N-dealkylation sites (tertiary alicyclic amines) is 1. The van der Waals surface area contributed by atoms with E-state index in [4.69, 9.17) is 0 Å². The predicted molar refractivity (Wildman–Crippen MR) is 114 cm³/mol. The summed E-state index contributed by atoms with van der Waals surface area (Å²) < 4.78 is 1.91. The van der Waals surface area contributed by atoms with Gasteiger partial charge in [-0.1, -0.05) is 30.3 Å². The molecule has 4 rings (SSSR count). The number of aliphatic hydroxyl groups is 2. The highest BCUT2D eigenvalue weighted by atomic mass is 79.9. The molecule has 1 aromatic carbocycles. The number of fused-ring (bicyclic) bond motifs is 1. The summed E-state index contributed by atoms with van der Waals surface area (Å²) in [4.78, 5) is 30.3. The summed E-state index contributed by atoms with van der Waals surface area (Å²) in [6.45, 7) is 0.0981. The number of benzene rings is 1. The quantitative estimate of drug-likeness (QED) is 0.450. The first kappa shape index (κ1) is 20.1. The Morgan fingerprint density at radius 2 is 1.90 bits per heavy atom. The summed E-state index contributed by atoms with van der Waals surface area (Å²) in [5, 5.41) is 22.4. The Morgan fingerprint density at radius 3 is 2.55 bits per heavy atom. The molecule has 0 aliphatic carbocycles. The van der Waals surface area contributed by atoms with Gasteiger partial charge in [0, 0.05) is 19.5 Å². The maximum Gasteiger partial charge on any atom is 0.268 e. The van der Waals surface area contributed by atoms with Gasteiger partial charge < -0.3 is 25.4 Å². The van der Waals surface area contributed by atoms with Crippen molar-refractivity contribution in [1.29, 1.82) is 0 Å². The van der Waals surface area contributed by atoms with Gasteiger partial charge in [-0.05, 0) is 33.6 Å². The molecular formula is C20H20BrN3O4S. The number of thiophene rings is 1. The molecule has 7 nitrogen and oxygen atoms in total. The summed E-state index contributed by atoms with van der Waals surface area (Å²) in [7, 11) is 0. The Hall–Kier alpha value is -2.20. The van der Waals surface area contributed by atoms with E-state index in [1.807, 2.05) is 36.4 Å². The zero-order valence-corrected chi connectivity index (χ0v) is 17.7. The van der Waals surface area contributed by atoms with Crippen LogP contribution in [-0.4, -0.2) is 63.3 Å². The fourth-order valence-corrected chi connectivity index (χ4v) is 5.00. The Kier molecular flexibility index (Phi) is 5.73. The Morgan fingerprint density at radius 1 is 1.21 bits per heavy atom. The van der Waals surface area contributed by atoms with E-state index in [9.17, 15) is 19.8 Å². The number of amides is 2. The Bertz CT molecular complexity index is 993. The molecule has 1 saturated heterocycles. The molecule has 29 heavy (non-hydrogen) atoms. The van der Waals surface area contributed by atoms with Gasteiger partial charge in [0.2, 0.25) is 5.91 Å². The van der Waals surface area contributed by atoms with Crippen molar-refractivity contribution in [2.75, 3.05) is 13.1 Å². The number of rotatable bonds is 5. The molecule has 2 amide bonds. The number of carbonyl (C=O) groups excluding carboxylic acids is 2. The van der Waals surface area contributed by atoms with Gasteiger partial charge in [-0.2, -0.15) is 0 Å². The number of nitrogens with one attached hydrogen (secondary N) is 2. The van der Waals surface area contributed by atoms with E-state index in [0.29, 0.717) is 12.1 Å². The normalized spacial score (nSPS) is 20.2. The molecule has 0 bridgehead atoms. The second-order valence-electron chi connectivity index (χ2n) is 7.11. The summed E-state index contributed by atoms with van der Waals surface area (Å²) in [6.07, 6.45) is -1.63. The first-order chi connectivity index (χ1) is 13.9. The average molecular weight is 478 g/mol. The van der Waals surface area contributed by atoms with E-state index in [0.717, 1.165) is 19.6 Å². The molecule has 3 atom stereocenters. The van der Waals surface area contributed by atoms with Crippen molar-refractivity contribution in [3.8, 4) is 0 Å². The molecule has 9 heteroatoms. The highest BCUT2D eigenvalue weighted by Gasteiger charge is 2.36. The largest absolute Gasteiger partial charge is 0.388 e. The van der Waals surface area contributed by atoms with E-state index in [2.05, 4.69) is 26.2 Å². The summed E-state index contributed by atoms with van der Waals surface area (Å²) in [5.74, 6) is -0.701. The minimum atomic E-state index is -0.972. The average Bonchev–Trinajstić information content (AvgIpc) is 3.34. The highest BCUT2D eigenvalue weighted by Crippen LogP contribution is 2.30. The molecule has 1 aliphatic rings. The molecular weight excluding hydrogens is 458 g/mol. The van der Waals surface area contributed by atoms with Crippen LogP contribution in [0.3, 0.4) is 0 Å². The Labute approximate surface area is 179 Å². The smallest absolute Gasteiger partial charge is 0.268 e. The fraction of sp³-hybridized carbons (Fsp3) is 0.300. The van der Waals surface area contributed by atoms with Crippen LogP contribution in [0.5, 0.6) is 0 Å². The number of aromatic amines is 1. The first-order valence-electron chi connectivity index (χ1n) is 9.18. The molecule has 1 fully saturated rings. The van der Waals surface area contributed by atoms with Crippen molar-refractivity contribution in [2.45, 2.75) is 24.7 Å². The van der Waals surface area contributed by atoms with Gasteiger partial charge in [-0.25, -0.2) is 0 Å². The topological polar surface area (TPSA) is 106 Å². The molecule has 0 saturated carbocycles. The van der Waals surface area contributed by atoms with E-state index in [-0.39, 0.29) is 24.9 Å². The lowest BCUT2D eigenvalue weighted by Gasteiger charge is -2.24. The third-order valence-electron chi connectivity index (χ3n) is 4.98. The second-order valence-corrected chi connectivity index (χ2v) is 9.57. The number of nitrogens with zero attached hydrogens (tertiary/aromatic N) is 1. The van der Waals surface area contributed by atoms with Crippen LogP contribution in [-0.2, 0) is 11.2 Å². The van der Waals surface area contributed by atoms with E-state index in [1.54, 1.807) is 6.07 Å². The third-order valence-corrected chi connectivity index (χ3v) is 6.56. The number of halogens is 1. The lowest BCUT2D eigenvalue weighted by atomic mass is 10.0. The lowest BCUT2D eigenvalue weighted by Crippen LogP contribution is -2.49. The molecule has 0 unspecified atom stereocenters. The van der Waals surface area contributed by atoms with E-state index >= 15 is 0 Å². The molecule has 3 aromatic rings. The van der Waals surface area contributed by atoms with Gasteiger partial charge in [0.15, 0.2) is 0 Å². The number of aliphatic hydroxyl groups excluding tert-OH is 2. The highest BCUT2D eigenvalue weighted by molar-refractivity contribution is 9.11. The Balaban J connectivity index is 1.54. The summed E-state index contributed by atoms with van der Waals surface area (Å²) in [6, 6.07) is 12.3. The van der Waals surface area contributed by atoms with Crippen LogP contribution < -0.4 is 5.32 Å². The molecule has 0 radical (unpaired) electrons.